The van der Waals surface area contributed by atoms with E-state index >= 15 is 0 Å². The molecule has 154 valence electrons. The molecule has 0 amide bonds. The lowest BCUT2D eigenvalue weighted by Crippen LogP contribution is -2.46. The van der Waals surface area contributed by atoms with Crippen LogP contribution in [0, 0.1) is 12.8 Å². The van der Waals surface area contributed by atoms with Crippen molar-refractivity contribution in [2.75, 3.05) is 34.3 Å². The van der Waals surface area contributed by atoms with Gasteiger partial charge in [0.1, 0.15) is 9.88 Å². The van der Waals surface area contributed by atoms with Gasteiger partial charge in [-0.2, -0.15) is 0 Å². The average Bonchev–Trinajstić information content (AvgIpc) is 2.98. The zero-order valence-corrected chi connectivity index (χ0v) is 18.7. The van der Waals surface area contributed by atoms with Crippen LogP contribution in [0.15, 0.2) is 4.99 Å². The molecule has 7 nitrogen and oxygen atoms in total. The first-order valence-corrected chi connectivity index (χ1v) is 10.3. The molecular weight excluding hydrogens is 362 g/mol. The third-order valence-corrected chi connectivity index (χ3v) is 5.52. The molecule has 1 rings (SSSR count). The molecule has 2 atom stereocenters. The van der Waals surface area contributed by atoms with Crippen LogP contribution in [0.5, 0.6) is 0 Å². The van der Waals surface area contributed by atoms with E-state index in [2.05, 4.69) is 53.5 Å². The highest BCUT2D eigenvalue weighted by Gasteiger charge is 2.20. The summed E-state index contributed by atoms with van der Waals surface area (Å²) in [6.07, 6.45) is 1.11. The van der Waals surface area contributed by atoms with E-state index in [1.165, 1.54) is 11.3 Å². The number of ether oxygens (including phenoxy) is 1. The number of carbonyl (C=O) groups is 1. The fourth-order valence-electron chi connectivity index (χ4n) is 2.69. The van der Waals surface area contributed by atoms with E-state index in [9.17, 15) is 4.79 Å². The molecule has 27 heavy (non-hydrogen) atoms. The smallest absolute Gasteiger partial charge is 0.350 e. The van der Waals surface area contributed by atoms with E-state index < -0.39 is 0 Å². The van der Waals surface area contributed by atoms with Crippen molar-refractivity contribution >= 4 is 23.3 Å². The maximum atomic E-state index is 12.0. The number of aryl methyl sites for hydroxylation is 1. The summed E-state index contributed by atoms with van der Waals surface area (Å²) in [6, 6.07) is 0.363. The maximum Gasteiger partial charge on any atom is 0.350 e. The molecule has 0 saturated heterocycles. The second kappa shape index (κ2) is 11.2. The number of esters is 1. The molecule has 0 aliphatic carbocycles. The Morgan fingerprint density at radius 1 is 1.33 bits per heavy atom. The van der Waals surface area contributed by atoms with Gasteiger partial charge in [0, 0.05) is 19.6 Å². The minimum absolute atomic E-state index is 0.0639. The molecule has 0 saturated carbocycles. The van der Waals surface area contributed by atoms with Crippen molar-refractivity contribution < 1.29 is 9.53 Å². The van der Waals surface area contributed by atoms with Crippen molar-refractivity contribution in [1.29, 1.82) is 0 Å². The largest absolute Gasteiger partial charge is 0.462 e. The topological polar surface area (TPSA) is 78.8 Å². The molecule has 0 aliphatic rings. The highest BCUT2D eigenvalue weighted by Crippen LogP contribution is 2.24. The number of guanidine groups is 1. The number of thiazole rings is 1. The molecule has 0 aromatic carbocycles. The summed E-state index contributed by atoms with van der Waals surface area (Å²) in [6.45, 7) is 11.3. The predicted octanol–water partition coefficient (Wildman–Crippen LogP) is 2.83. The first-order chi connectivity index (χ1) is 12.7. The first kappa shape index (κ1) is 23.4. The van der Waals surface area contributed by atoms with Crippen LogP contribution in [0.25, 0.3) is 0 Å². The Morgan fingerprint density at radius 3 is 2.52 bits per heavy atom. The zero-order valence-electron chi connectivity index (χ0n) is 17.9. The van der Waals surface area contributed by atoms with Crippen LogP contribution in [0.4, 0.5) is 0 Å². The van der Waals surface area contributed by atoms with E-state index in [4.69, 9.17) is 4.74 Å². The fourth-order valence-corrected chi connectivity index (χ4v) is 3.65. The lowest BCUT2D eigenvalue weighted by molar-refractivity contribution is 0.0531. The van der Waals surface area contributed by atoms with Crippen LogP contribution in [0.3, 0.4) is 0 Å². The molecule has 2 N–H and O–H groups in total. The molecule has 0 aliphatic heterocycles. The fraction of sp³-hybridized carbons (Fsp3) is 0.737. The number of nitrogens with one attached hydrogen (secondary N) is 2. The highest BCUT2D eigenvalue weighted by atomic mass is 32.1. The molecule has 0 radical (unpaired) electrons. The number of rotatable bonds is 9. The number of carbonyl (C=O) groups excluding carboxylic acids is 1. The second-order valence-electron chi connectivity index (χ2n) is 7.25. The Labute approximate surface area is 167 Å². The van der Waals surface area contributed by atoms with Crippen LogP contribution >= 0.6 is 11.3 Å². The summed E-state index contributed by atoms with van der Waals surface area (Å²) in [5.74, 6) is 1.05. The summed E-state index contributed by atoms with van der Waals surface area (Å²) in [7, 11) is 5.96. The van der Waals surface area contributed by atoms with Gasteiger partial charge >= 0.3 is 5.97 Å². The first-order valence-electron chi connectivity index (χ1n) is 9.47. The van der Waals surface area contributed by atoms with Crippen molar-refractivity contribution in [1.82, 2.24) is 20.5 Å². The van der Waals surface area contributed by atoms with Gasteiger partial charge in [-0.15, -0.1) is 11.3 Å². The van der Waals surface area contributed by atoms with Crippen LogP contribution in [0.2, 0.25) is 0 Å². The van der Waals surface area contributed by atoms with E-state index in [-0.39, 0.29) is 12.0 Å². The van der Waals surface area contributed by atoms with Crippen molar-refractivity contribution in [2.24, 2.45) is 10.9 Å². The minimum atomic E-state index is -0.309. The quantitative estimate of drug-likeness (QED) is 0.379. The number of likely N-dealkylation sites (N-methyl/N-ethyl adjacent to an activating group) is 1. The number of aromatic nitrogens is 1. The van der Waals surface area contributed by atoms with Gasteiger partial charge in [-0.25, -0.2) is 9.78 Å². The van der Waals surface area contributed by atoms with Crippen molar-refractivity contribution in [3.05, 3.63) is 15.6 Å². The summed E-state index contributed by atoms with van der Waals surface area (Å²) in [5, 5.41) is 7.60. The van der Waals surface area contributed by atoms with Gasteiger partial charge in [-0.3, -0.25) is 4.99 Å². The molecule has 1 aromatic heterocycles. The Bertz CT molecular complexity index is 628. The van der Waals surface area contributed by atoms with Gasteiger partial charge in [0.25, 0.3) is 0 Å². The minimum Gasteiger partial charge on any atom is -0.462 e. The van der Waals surface area contributed by atoms with Crippen molar-refractivity contribution in [2.45, 2.75) is 53.1 Å². The Kier molecular flexibility index (Phi) is 9.73. The summed E-state index contributed by atoms with van der Waals surface area (Å²) < 4.78 is 5.09. The molecule has 0 bridgehead atoms. The van der Waals surface area contributed by atoms with Crippen LogP contribution in [-0.2, 0) is 4.74 Å². The number of hydrogen-bond acceptors (Lipinski definition) is 6. The van der Waals surface area contributed by atoms with Gasteiger partial charge in [-0.1, -0.05) is 13.8 Å². The van der Waals surface area contributed by atoms with E-state index in [1.54, 1.807) is 14.0 Å². The number of aliphatic imine (C=N–C) groups is 1. The summed E-state index contributed by atoms with van der Waals surface area (Å²) in [5.41, 5.74) is 0.703. The second-order valence-corrected chi connectivity index (χ2v) is 8.28. The summed E-state index contributed by atoms with van der Waals surface area (Å²) >= 11 is 1.37. The summed E-state index contributed by atoms with van der Waals surface area (Å²) in [4.78, 5) is 23.6. The molecule has 0 spiro atoms. The molecular formula is C19H35N5O2S. The van der Waals surface area contributed by atoms with Gasteiger partial charge < -0.3 is 20.3 Å². The van der Waals surface area contributed by atoms with Crippen molar-refractivity contribution in [3.8, 4) is 0 Å². The van der Waals surface area contributed by atoms with Crippen LogP contribution in [0.1, 0.15) is 60.5 Å². The lowest BCUT2D eigenvalue weighted by Gasteiger charge is -2.27. The molecule has 2 unspecified atom stereocenters. The van der Waals surface area contributed by atoms with Gasteiger partial charge in [0.2, 0.25) is 0 Å². The Morgan fingerprint density at radius 2 is 2.00 bits per heavy atom. The monoisotopic (exact) mass is 397 g/mol. The van der Waals surface area contributed by atoms with Crippen LogP contribution < -0.4 is 10.6 Å². The Hall–Kier alpha value is -1.67. The maximum absolute atomic E-state index is 12.0. The third-order valence-electron chi connectivity index (χ3n) is 4.20. The molecule has 8 heteroatoms. The molecule has 0 fully saturated rings. The van der Waals surface area contributed by atoms with E-state index in [1.807, 2.05) is 13.8 Å². The van der Waals surface area contributed by atoms with E-state index in [0.29, 0.717) is 29.1 Å². The SMILES string of the molecule is CCOC(=O)c1sc(C(C)NC(=NC)NCC(CC(C)C)N(C)C)nc1C. The Balaban J connectivity index is 2.72. The zero-order chi connectivity index (χ0) is 20.6. The number of nitrogens with zero attached hydrogens (tertiary/aromatic N) is 3. The lowest BCUT2D eigenvalue weighted by atomic mass is 10.0. The van der Waals surface area contributed by atoms with Gasteiger partial charge in [-0.05, 0) is 47.2 Å². The average molecular weight is 398 g/mol. The van der Waals surface area contributed by atoms with Gasteiger partial charge in [0.05, 0.1) is 18.3 Å². The normalized spacial score (nSPS) is 14.4. The molecule has 1 heterocycles. The highest BCUT2D eigenvalue weighted by molar-refractivity contribution is 7.13. The van der Waals surface area contributed by atoms with E-state index in [0.717, 1.165) is 23.9 Å². The van der Waals surface area contributed by atoms with Crippen LogP contribution in [-0.4, -0.2) is 62.1 Å². The predicted molar refractivity (Wildman–Crippen MR) is 113 cm³/mol. The third kappa shape index (κ3) is 7.46. The standard InChI is InChI=1S/C19H35N5O2S/c1-9-26-18(25)16-13(4)22-17(27-16)14(5)23-19(20-6)21-11-15(24(7)8)10-12(2)3/h12,14-15H,9-11H2,1-8H3,(H2,20,21,23). The van der Waals surface area contributed by atoms with Gasteiger partial charge in [0.15, 0.2) is 5.96 Å². The number of hydrogen-bond donors (Lipinski definition) is 2. The van der Waals surface area contributed by atoms with Crippen molar-refractivity contribution in [3.63, 3.8) is 0 Å². The molecule has 1 aromatic rings.